The smallest absolute Gasteiger partial charge is 0.416 e. The molecule has 2 aliphatic heterocycles. The van der Waals surface area contributed by atoms with E-state index in [-0.39, 0.29) is 29.9 Å². The Balaban J connectivity index is 2.27. The van der Waals surface area contributed by atoms with Crippen LogP contribution in [0.15, 0.2) is 46.8 Å². The molecule has 2 aliphatic rings. The van der Waals surface area contributed by atoms with Crippen LogP contribution in [0.2, 0.25) is 0 Å². The van der Waals surface area contributed by atoms with Gasteiger partial charge in [0.05, 0.1) is 34.9 Å². The van der Waals surface area contributed by atoms with Crippen LogP contribution >= 0.6 is 0 Å². The van der Waals surface area contributed by atoms with Crippen LogP contribution in [0.25, 0.3) is 0 Å². The molecule has 0 amide bonds. The van der Waals surface area contributed by atoms with Gasteiger partial charge in [0.15, 0.2) is 0 Å². The number of hydrogen-bond donors (Lipinski definition) is 1. The zero-order chi connectivity index (χ0) is 19.8. The summed E-state index contributed by atoms with van der Waals surface area (Å²) in [6.07, 6.45) is -4.29. The van der Waals surface area contributed by atoms with Crippen molar-refractivity contribution in [2.75, 3.05) is 13.2 Å². The molecule has 0 saturated heterocycles. The van der Waals surface area contributed by atoms with Gasteiger partial charge in [-0.1, -0.05) is 25.1 Å². The summed E-state index contributed by atoms with van der Waals surface area (Å²) in [5, 5.41) is 2.97. The van der Waals surface area contributed by atoms with E-state index in [1.807, 2.05) is 0 Å². The molecule has 5 nitrogen and oxygen atoms in total. The topological polar surface area (TPSA) is 64.6 Å². The van der Waals surface area contributed by atoms with E-state index in [1.54, 1.807) is 13.8 Å². The van der Waals surface area contributed by atoms with Crippen LogP contribution in [0.4, 0.5) is 13.2 Å². The quantitative estimate of drug-likeness (QED) is 0.810. The van der Waals surface area contributed by atoms with Gasteiger partial charge >= 0.3 is 18.1 Å². The molecule has 27 heavy (non-hydrogen) atoms. The number of hydrogen-bond acceptors (Lipinski definition) is 5. The Labute approximate surface area is 153 Å². The third-order valence-electron chi connectivity index (χ3n) is 4.52. The van der Waals surface area contributed by atoms with Gasteiger partial charge in [0.25, 0.3) is 0 Å². The molecule has 1 atom stereocenters. The maximum atomic E-state index is 13.6. The first-order chi connectivity index (χ1) is 12.8. The van der Waals surface area contributed by atoms with Gasteiger partial charge in [0.2, 0.25) is 0 Å². The molecule has 0 spiro atoms. The minimum absolute atomic E-state index is 0.00801. The molecule has 0 radical (unpaired) electrons. The van der Waals surface area contributed by atoms with Crippen molar-refractivity contribution in [3.05, 3.63) is 57.9 Å². The standard InChI is InChI=1S/C19H18F3NO4/c1-3-12-15(17(24)26-4-2)14(16-13(23-12)9-27-18(16)25)10-7-5-6-8-11(10)19(20,21)22/h5-8,14,23H,3-4,9H2,1-2H3. The Morgan fingerprint density at radius 2 is 2.00 bits per heavy atom. The number of dihydropyridines is 1. The molecule has 1 aromatic carbocycles. The summed E-state index contributed by atoms with van der Waals surface area (Å²) < 4.78 is 51.0. The van der Waals surface area contributed by atoms with Crippen LogP contribution in [-0.2, 0) is 25.2 Å². The highest BCUT2D eigenvalue weighted by molar-refractivity contribution is 6.01. The van der Waals surface area contributed by atoms with Crippen LogP contribution in [0, 0.1) is 0 Å². The number of nitrogens with one attached hydrogen (secondary N) is 1. The summed E-state index contributed by atoms with van der Waals surface area (Å²) in [5.41, 5.74) is -0.243. The highest BCUT2D eigenvalue weighted by Crippen LogP contribution is 2.46. The zero-order valence-electron chi connectivity index (χ0n) is 14.8. The number of benzene rings is 1. The Morgan fingerprint density at radius 1 is 1.30 bits per heavy atom. The largest absolute Gasteiger partial charge is 0.463 e. The number of alkyl halides is 3. The number of allylic oxidation sites excluding steroid dienone is 1. The Hall–Kier alpha value is -2.77. The van der Waals surface area contributed by atoms with E-state index in [0.29, 0.717) is 17.8 Å². The van der Waals surface area contributed by atoms with Gasteiger partial charge in [-0.25, -0.2) is 9.59 Å². The number of esters is 2. The van der Waals surface area contributed by atoms with E-state index in [2.05, 4.69) is 5.32 Å². The predicted molar refractivity (Wildman–Crippen MR) is 89.3 cm³/mol. The van der Waals surface area contributed by atoms with Gasteiger partial charge in [-0.2, -0.15) is 13.2 Å². The minimum atomic E-state index is -4.64. The van der Waals surface area contributed by atoms with Crippen LogP contribution in [0.5, 0.6) is 0 Å². The van der Waals surface area contributed by atoms with Crippen molar-refractivity contribution < 1.29 is 32.2 Å². The van der Waals surface area contributed by atoms with Gasteiger partial charge in [-0.3, -0.25) is 0 Å². The molecule has 1 unspecified atom stereocenters. The molecule has 3 rings (SSSR count). The third kappa shape index (κ3) is 3.31. The Kier molecular flexibility index (Phi) is 4.99. The highest BCUT2D eigenvalue weighted by atomic mass is 19.4. The molecule has 0 bridgehead atoms. The van der Waals surface area contributed by atoms with Gasteiger partial charge in [0.1, 0.15) is 6.61 Å². The van der Waals surface area contributed by atoms with E-state index in [0.717, 1.165) is 6.07 Å². The van der Waals surface area contributed by atoms with Gasteiger partial charge in [-0.15, -0.1) is 0 Å². The lowest BCUT2D eigenvalue weighted by molar-refractivity contribution is -0.141. The van der Waals surface area contributed by atoms with Crippen molar-refractivity contribution in [1.29, 1.82) is 0 Å². The fraction of sp³-hybridized carbons (Fsp3) is 0.368. The lowest BCUT2D eigenvalue weighted by Crippen LogP contribution is -2.32. The average Bonchev–Trinajstić information content (AvgIpc) is 3.00. The second kappa shape index (κ2) is 7.09. The number of carbonyl (C=O) groups is 2. The molecule has 0 saturated carbocycles. The molecule has 0 aromatic heterocycles. The van der Waals surface area contributed by atoms with Crippen molar-refractivity contribution in [1.82, 2.24) is 5.32 Å². The van der Waals surface area contributed by atoms with Gasteiger partial charge < -0.3 is 14.8 Å². The number of cyclic esters (lactones) is 1. The monoisotopic (exact) mass is 381 g/mol. The summed E-state index contributed by atoms with van der Waals surface area (Å²) >= 11 is 0. The predicted octanol–water partition coefficient (Wildman–Crippen LogP) is 3.43. The number of carbonyl (C=O) groups excluding carboxylic acids is 2. The van der Waals surface area contributed by atoms with E-state index in [1.165, 1.54) is 18.2 Å². The maximum Gasteiger partial charge on any atom is 0.416 e. The molecule has 0 fully saturated rings. The highest BCUT2D eigenvalue weighted by Gasteiger charge is 2.45. The lowest BCUT2D eigenvalue weighted by Gasteiger charge is -2.30. The maximum absolute atomic E-state index is 13.6. The number of ether oxygens (including phenoxy) is 2. The zero-order valence-corrected chi connectivity index (χ0v) is 14.8. The van der Waals surface area contributed by atoms with E-state index in [4.69, 9.17) is 9.47 Å². The van der Waals surface area contributed by atoms with Gasteiger partial charge in [0, 0.05) is 5.70 Å². The third-order valence-corrected chi connectivity index (χ3v) is 4.52. The van der Waals surface area contributed by atoms with E-state index in [9.17, 15) is 22.8 Å². The molecule has 2 heterocycles. The summed E-state index contributed by atoms with van der Waals surface area (Å²) in [7, 11) is 0. The first-order valence-corrected chi connectivity index (χ1v) is 8.53. The van der Waals surface area contributed by atoms with Crippen molar-refractivity contribution in [3.8, 4) is 0 Å². The van der Waals surface area contributed by atoms with Crippen LogP contribution < -0.4 is 5.32 Å². The fourth-order valence-electron chi connectivity index (χ4n) is 3.43. The Morgan fingerprint density at radius 3 is 2.63 bits per heavy atom. The SMILES string of the molecule is CCOC(=O)C1=C(CC)NC2=C(C(=O)OC2)C1c1ccccc1C(F)(F)F. The first kappa shape index (κ1) is 19.0. The fourth-order valence-corrected chi connectivity index (χ4v) is 3.43. The number of halogens is 3. The first-order valence-electron chi connectivity index (χ1n) is 8.53. The Bertz CT molecular complexity index is 855. The molecular weight excluding hydrogens is 363 g/mol. The molecule has 1 N–H and O–H groups in total. The summed E-state index contributed by atoms with van der Waals surface area (Å²) in [5.74, 6) is -2.70. The summed E-state index contributed by atoms with van der Waals surface area (Å²) in [6.45, 7) is 3.35. The normalized spacial score (nSPS) is 19.6. The van der Waals surface area contributed by atoms with E-state index >= 15 is 0 Å². The van der Waals surface area contributed by atoms with Crippen molar-refractivity contribution in [2.24, 2.45) is 0 Å². The van der Waals surface area contributed by atoms with Crippen LogP contribution in [0.1, 0.15) is 37.3 Å². The molecular formula is C19H18F3NO4. The second-order valence-electron chi connectivity index (χ2n) is 6.08. The van der Waals surface area contributed by atoms with E-state index < -0.39 is 29.6 Å². The van der Waals surface area contributed by atoms with Crippen molar-refractivity contribution in [3.63, 3.8) is 0 Å². The minimum Gasteiger partial charge on any atom is -0.463 e. The second-order valence-corrected chi connectivity index (χ2v) is 6.08. The van der Waals surface area contributed by atoms with Crippen molar-refractivity contribution >= 4 is 11.9 Å². The lowest BCUT2D eigenvalue weighted by atomic mass is 9.78. The molecule has 1 aromatic rings. The molecule has 8 heteroatoms. The summed E-state index contributed by atoms with van der Waals surface area (Å²) in [4.78, 5) is 24.9. The van der Waals surface area contributed by atoms with Crippen LogP contribution in [0.3, 0.4) is 0 Å². The van der Waals surface area contributed by atoms with Crippen molar-refractivity contribution in [2.45, 2.75) is 32.4 Å². The van der Waals surface area contributed by atoms with Gasteiger partial charge in [-0.05, 0) is 25.0 Å². The molecule has 0 aliphatic carbocycles. The average molecular weight is 381 g/mol. The number of rotatable bonds is 4. The van der Waals surface area contributed by atoms with Crippen LogP contribution in [-0.4, -0.2) is 25.2 Å². The summed E-state index contributed by atoms with van der Waals surface area (Å²) in [6, 6.07) is 4.93. The molecule has 144 valence electrons.